The Bertz CT molecular complexity index is 837. The Morgan fingerprint density at radius 3 is 0.952 bits per heavy atom. The summed E-state index contributed by atoms with van der Waals surface area (Å²) in [5.41, 5.74) is 0. The predicted octanol–water partition coefficient (Wildman–Crippen LogP) is 11.7. The van der Waals surface area contributed by atoms with Gasteiger partial charge in [0, 0.05) is 12.8 Å². The lowest BCUT2D eigenvalue weighted by Gasteiger charge is -1.90. The van der Waals surface area contributed by atoms with E-state index >= 15 is 0 Å². The summed E-state index contributed by atoms with van der Waals surface area (Å²) in [4.78, 5) is 20.6. The molecule has 0 aromatic carbocycles. The van der Waals surface area contributed by atoms with E-state index in [1.807, 2.05) is 0 Å². The first-order valence-corrected chi connectivity index (χ1v) is 16.2. The highest BCUT2D eigenvalue weighted by Gasteiger charge is 1.93. The van der Waals surface area contributed by atoms with Gasteiger partial charge < -0.3 is 10.2 Å². The van der Waals surface area contributed by atoms with Crippen molar-refractivity contribution in [2.45, 2.75) is 129 Å². The fourth-order valence-corrected chi connectivity index (χ4v) is 3.52. The minimum Gasteiger partial charge on any atom is -0.481 e. The minimum atomic E-state index is -0.713. The number of carboxylic acid groups (broad SMARTS) is 2. The van der Waals surface area contributed by atoms with Crippen molar-refractivity contribution in [3.8, 4) is 0 Å². The number of carbonyl (C=O) groups is 2. The molecular weight excluding hydrogens is 520 g/mol. The SMILES string of the molecule is CCC/C=C\C/C=C\C/C=C\C/C=C\CCCC(=O)O.CCCCC/C=C\C/C=C\C/C=C\C/C=C\CCCC(=O)O. The average Bonchev–Trinajstić information content (AvgIpc) is 2.97. The van der Waals surface area contributed by atoms with E-state index in [0.29, 0.717) is 0 Å². The maximum atomic E-state index is 10.3. The maximum absolute atomic E-state index is 10.3. The zero-order chi connectivity index (χ0) is 31.2. The van der Waals surface area contributed by atoms with E-state index in [4.69, 9.17) is 10.2 Å². The summed E-state index contributed by atoms with van der Waals surface area (Å²) in [5, 5.41) is 17.0. The van der Waals surface area contributed by atoms with Gasteiger partial charge in [0.25, 0.3) is 0 Å². The normalized spacial score (nSPS) is 12.4. The second-order valence-electron chi connectivity index (χ2n) is 10.0. The topological polar surface area (TPSA) is 74.6 Å². The van der Waals surface area contributed by atoms with E-state index in [1.165, 1.54) is 38.5 Å². The molecule has 42 heavy (non-hydrogen) atoms. The summed E-state index contributed by atoms with van der Waals surface area (Å²) < 4.78 is 0. The Hall–Kier alpha value is -3.14. The molecule has 0 fully saturated rings. The number of hydrogen-bond donors (Lipinski definition) is 2. The van der Waals surface area contributed by atoms with Crippen molar-refractivity contribution in [3.63, 3.8) is 0 Å². The summed E-state index contributed by atoms with van der Waals surface area (Å²) in [7, 11) is 0. The van der Waals surface area contributed by atoms with Gasteiger partial charge in [-0.1, -0.05) is 130 Å². The van der Waals surface area contributed by atoms with Gasteiger partial charge in [-0.05, 0) is 83.5 Å². The van der Waals surface area contributed by atoms with Gasteiger partial charge in [-0.3, -0.25) is 9.59 Å². The largest absolute Gasteiger partial charge is 0.481 e. The number of unbranched alkanes of at least 4 members (excludes halogenated alkanes) is 6. The van der Waals surface area contributed by atoms with Crippen LogP contribution in [0, 0.1) is 0 Å². The van der Waals surface area contributed by atoms with Crippen molar-refractivity contribution in [2.24, 2.45) is 0 Å². The van der Waals surface area contributed by atoms with E-state index in [2.05, 4.69) is 111 Å². The first-order chi connectivity index (χ1) is 20.5. The Morgan fingerprint density at radius 1 is 0.381 bits per heavy atom. The molecule has 0 heterocycles. The number of hydrogen-bond acceptors (Lipinski definition) is 2. The molecular formula is C38H60O4. The molecule has 0 unspecified atom stereocenters. The highest BCUT2D eigenvalue weighted by molar-refractivity contribution is 5.66. The van der Waals surface area contributed by atoms with E-state index in [9.17, 15) is 9.59 Å². The van der Waals surface area contributed by atoms with Crippen molar-refractivity contribution in [2.75, 3.05) is 0 Å². The predicted molar refractivity (Wildman–Crippen MR) is 183 cm³/mol. The third-order valence-corrected chi connectivity index (χ3v) is 5.92. The molecule has 4 heteroatoms. The van der Waals surface area contributed by atoms with Gasteiger partial charge in [-0.25, -0.2) is 0 Å². The van der Waals surface area contributed by atoms with Crippen molar-refractivity contribution in [1.82, 2.24) is 0 Å². The van der Waals surface area contributed by atoms with Crippen molar-refractivity contribution < 1.29 is 19.8 Å². The summed E-state index contributed by atoms with van der Waals surface area (Å²) in [5.74, 6) is -1.43. The molecule has 0 aromatic heterocycles. The lowest BCUT2D eigenvalue weighted by atomic mass is 10.2. The van der Waals surface area contributed by atoms with Crippen LogP contribution < -0.4 is 0 Å². The Labute approximate surface area is 258 Å². The van der Waals surface area contributed by atoms with Crippen LogP contribution in [-0.4, -0.2) is 22.2 Å². The molecule has 0 bridgehead atoms. The summed E-state index contributed by atoms with van der Waals surface area (Å²) in [6, 6.07) is 0. The quantitative estimate of drug-likeness (QED) is 0.0788. The molecule has 236 valence electrons. The van der Waals surface area contributed by atoms with Crippen molar-refractivity contribution >= 4 is 11.9 Å². The van der Waals surface area contributed by atoms with Crippen LogP contribution in [-0.2, 0) is 9.59 Å². The number of allylic oxidation sites excluding steroid dienone is 16. The molecule has 4 nitrogen and oxygen atoms in total. The molecule has 0 aliphatic heterocycles. The van der Waals surface area contributed by atoms with Crippen LogP contribution in [0.15, 0.2) is 97.2 Å². The van der Waals surface area contributed by atoms with Gasteiger partial charge in [0.15, 0.2) is 0 Å². The van der Waals surface area contributed by atoms with Gasteiger partial charge >= 0.3 is 11.9 Å². The van der Waals surface area contributed by atoms with E-state index in [0.717, 1.165) is 64.2 Å². The molecule has 0 saturated carbocycles. The van der Waals surface area contributed by atoms with E-state index < -0.39 is 11.9 Å². The Morgan fingerprint density at radius 2 is 0.667 bits per heavy atom. The molecule has 0 radical (unpaired) electrons. The number of carboxylic acids is 2. The average molecular weight is 581 g/mol. The molecule has 0 aliphatic rings. The van der Waals surface area contributed by atoms with Crippen LogP contribution in [0.1, 0.15) is 129 Å². The van der Waals surface area contributed by atoms with Gasteiger partial charge in [0.2, 0.25) is 0 Å². The molecule has 0 aliphatic carbocycles. The van der Waals surface area contributed by atoms with E-state index in [1.54, 1.807) is 0 Å². The maximum Gasteiger partial charge on any atom is 0.303 e. The summed E-state index contributed by atoms with van der Waals surface area (Å²) >= 11 is 0. The Kier molecular flexibility index (Phi) is 37.0. The zero-order valence-corrected chi connectivity index (χ0v) is 26.7. The fraction of sp³-hybridized carbons (Fsp3) is 0.526. The van der Waals surface area contributed by atoms with Crippen LogP contribution in [0.4, 0.5) is 0 Å². The fourth-order valence-electron chi connectivity index (χ4n) is 3.52. The van der Waals surface area contributed by atoms with Crippen LogP contribution in [0.5, 0.6) is 0 Å². The molecule has 0 spiro atoms. The molecule has 0 rings (SSSR count). The van der Waals surface area contributed by atoms with Gasteiger partial charge in [-0.2, -0.15) is 0 Å². The van der Waals surface area contributed by atoms with Crippen molar-refractivity contribution in [3.05, 3.63) is 97.2 Å². The minimum absolute atomic E-state index is 0.262. The second-order valence-corrected chi connectivity index (χ2v) is 10.0. The molecule has 2 N–H and O–H groups in total. The van der Waals surface area contributed by atoms with Crippen molar-refractivity contribution in [1.29, 1.82) is 0 Å². The highest BCUT2D eigenvalue weighted by Crippen LogP contribution is 2.02. The van der Waals surface area contributed by atoms with Gasteiger partial charge in [0.05, 0.1) is 0 Å². The smallest absolute Gasteiger partial charge is 0.303 e. The lowest BCUT2D eigenvalue weighted by molar-refractivity contribution is -0.138. The lowest BCUT2D eigenvalue weighted by Crippen LogP contribution is -1.92. The standard InChI is InChI=1S/C20H32O2.C18H28O2/c1-2-3-4-5-6-7-8-9-10-11-12-13-14-15-16-17-18-19-20(21)22;1-2-3-4-5-6-7-8-9-10-11-12-13-14-15-16-17-18(19)20/h6-7,9-10,12-13,15-16H,2-5,8,11,14,17-19H2,1H3,(H,21,22);4-5,7-8,10-11,13-14H,2-3,6,9,12,15-17H2,1H3,(H,19,20)/b7-6-,10-9-,13-12-,16-15-;5-4-,8-7-,11-10-,14-13-. The number of rotatable bonds is 26. The Balaban J connectivity index is 0. The van der Waals surface area contributed by atoms with Crippen LogP contribution >= 0.6 is 0 Å². The third kappa shape index (κ3) is 43.9. The first kappa shape index (κ1) is 41.0. The van der Waals surface area contributed by atoms with Crippen LogP contribution in [0.3, 0.4) is 0 Å². The summed E-state index contributed by atoms with van der Waals surface area (Å²) in [6.45, 7) is 4.42. The molecule has 0 atom stereocenters. The first-order valence-electron chi connectivity index (χ1n) is 16.2. The van der Waals surface area contributed by atoms with E-state index in [-0.39, 0.29) is 12.8 Å². The van der Waals surface area contributed by atoms with Crippen LogP contribution in [0.2, 0.25) is 0 Å². The summed E-state index contributed by atoms with van der Waals surface area (Å²) in [6.07, 6.45) is 51.8. The number of aliphatic carboxylic acids is 2. The third-order valence-electron chi connectivity index (χ3n) is 5.92. The zero-order valence-electron chi connectivity index (χ0n) is 26.7. The second kappa shape index (κ2) is 37.9. The monoisotopic (exact) mass is 580 g/mol. The molecule has 0 saturated heterocycles. The van der Waals surface area contributed by atoms with Gasteiger partial charge in [0.1, 0.15) is 0 Å². The molecule has 0 aromatic rings. The molecule has 0 amide bonds. The van der Waals surface area contributed by atoms with Crippen LogP contribution in [0.25, 0.3) is 0 Å². The van der Waals surface area contributed by atoms with Gasteiger partial charge in [-0.15, -0.1) is 0 Å². The highest BCUT2D eigenvalue weighted by atomic mass is 16.4.